The Morgan fingerprint density at radius 1 is 0.815 bits per heavy atom. The molecule has 0 radical (unpaired) electrons. The SMILES string of the molecule is Cc1csc(NC(=O)C(F)(F)C(F)(F)C(F)(F)C(=O)Nc2nc(C)cs2)n1. The molecule has 2 aromatic heterocycles. The van der Waals surface area contributed by atoms with E-state index in [2.05, 4.69) is 9.97 Å². The van der Waals surface area contributed by atoms with Crippen LogP contribution >= 0.6 is 22.7 Å². The fraction of sp³-hybridized carbons (Fsp3) is 0.385. The number of nitrogens with one attached hydrogen (secondary N) is 2. The van der Waals surface area contributed by atoms with E-state index in [9.17, 15) is 35.9 Å². The van der Waals surface area contributed by atoms with Gasteiger partial charge in [0.2, 0.25) is 0 Å². The first kappa shape index (κ1) is 21.1. The molecule has 0 bridgehead atoms. The van der Waals surface area contributed by atoms with Crippen LogP contribution in [-0.2, 0) is 9.59 Å². The Morgan fingerprint density at radius 2 is 1.15 bits per heavy atom. The molecule has 6 nitrogen and oxygen atoms in total. The second kappa shape index (κ2) is 7.07. The van der Waals surface area contributed by atoms with Gasteiger partial charge in [-0.1, -0.05) is 0 Å². The number of hydrogen-bond donors (Lipinski definition) is 2. The lowest BCUT2D eigenvalue weighted by molar-refractivity contribution is -0.283. The van der Waals surface area contributed by atoms with Gasteiger partial charge < -0.3 is 0 Å². The minimum atomic E-state index is -6.33. The quantitative estimate of drug-likeness (QED) is 0.682. The summed E-state index contributed by atoms with van der Waals surface area (Å²) < 4.78 is 83.0. The lowest BCUT2D eigenvalue weighted by atomic mass is 10.0. The molecule has 0 spiro atoms. The molecule has 0 fully saturated rings. The van der Waals surface area contributed by atoms with E-state index >= 15 is 0 Å². The number of thiazole rings is 2. The molecule has 148 valence electrons. The highest BCUT2D eigenvalue weighted by molar-refractivity contribution is 7.14. The third-order valence-corrected chi connectivity index (χ3v) is 4.79. The van der Waals surface area contributed by atoms with E-state index < -0.39 is 39.8 Å². The predicted octanol–water partition coefficient (Wildman–Crippen LogP) is 3.70. The van der Waals surface area contributed by atoms with Crippen molar-refractivity contribution < 1.29 is 35.9 Å². The average molecular weight is 432 g/mol. The number of aromatic nitrogens is 2. The van der Waals surface area contributed by atoms with Gasteiger partial charge in [0.1, 0.15) is 0 Å². The maximum Gasteiger partial charge on any atom is 0.393 e. The Kier molecular flexibility index (Phi) is 5.52. The van der Waals surface area contributed by atoms with Crippen molar-refractivity contribution in [1.82, 2.24) is 9.97 Å². The number of alkyl halides is 6. The van der Waals surface area contributed by atoms with E-state index in [0.29, 0.717) is 22.7 Å². The van der Waals surface area contributed by atoms with Crippen LogP contribution in [0.3, 0.4) is 0 Å². The smallest absolute Gasteiger partial charge is 0.296 e. The van der Waals surface area contributed by atoms with Gasteiger partial charge in [-0.3, -0.25) is 20.2 Å². The first-order chi connectivity index (χ1) is 12.3. The van der Waals surface area contributed by atoms with Crippen molar-refractivity contribution >= 4 is 44.8 Å². The second-order valence-electron chi connectivity index (χ2n) is 5.22. The number of carbonyl (C=O) groups is 2. The fourth-order valence-corrected chi connectivity index (χ4v) is 3.02. The number of nitrogens with zero attached hydrogens (tertiary/aromatic N) is 2. The molecule has 2 aromatic rings. The molecule has 2 heterocycles. The predicted molar refractivity (Wildman–Crippen MR) is 85.8 cm³/mol. The maximum absolute atomic E-state index is 13.8. The Labute approximate surface area is 155 Å². The van der Waals surface area contributed by atoms with Crippen molar-refractivity contribution in [3.05, 3.63) is 22.1 Å². The topological polar surface area (TPSA) is 84.0 Å². The van der Waals surface area contributed by atoms with Crippen LogP contribution in [0.5, 0.6) is 0 Å². The molecule has 2 rings (SSSR count). The van der Waals surface area contributed by atoms with Gasteiger partial charge in [-0.05, 0) is 13.8 Å². The van der Waals surface area contributed by atoms with Gasteiger partial charge >= 0.3 is 29.6 Å². The molecular weight excluding hydrogens is 422 g/mol. The van der Waals surface area contributed by atoms with E-state index in [4.69, 9.17) is 0 Å². The van der Waals surface area contributed by atoms with Crippen LogP contribution in [0.25, 0.3) is 0 Å². The zero-order valence-corrected chi connectivity index (χ0v) is 15.1. The molecule has 0 unspecified atom stereocenters. The summed E-state index contributed by atoms with van der Waals surface area (Å²) in [5, 5.41) is 4.32. The van der Waals surface area contributed by atoms with Gasteiger partial charge in [-0.25, -0.2) is 9.97 Å². The van der Waals surface area contributed by atoms with Crippen molar-refractivity contribution in [2.45, 2.75) is 31.6 Å². The summed E-state index contributed by atoms with van der Waals surface area (Å²) in [4.78, 5) is 30.0. The van der Waals surface area contributed by atoms with Gasteiger partial charge in [-0.2, -0.15) is 26.3 Å². The molecule has 0 aliphatic heterocycles. The van der Waals surface area contributed by atoms with Gasteiger partial charge in [0.05, 0.1) is 11.4 Å². The summed E-state index contributed by atoms with van der Waals surface area (Å²) in [5.74, 6) is -23.6. The van der Waals surface area contributed by atoms with E-state index in [1.807, 2.05) is 0 Å². The minimum Gasteiger partial charge on any atom is -0.296 e. The molecule has 0 aromatic carbocycles. The molecule has 0 aliphatic carbocycles. The lowest BCUT2D eigenvalue weighted by Gasteiger charge is -2.30. The van der Waals surface area contributed by atoms with E-state index in [0.717, 1.165) is 0 Å². The summed E-state index contributed by atoms with van der Waals surface area (Å²) in [6, 6.07) is 0. The Balaban J connectivity index is 2.23. The number of carbonyl (C=O) groups excluding carboxylic acids is 2. The normalized spacial score (nSPS) is 12.7. The minimum absolute atomic E-state index is 0.286. The van der Waals surface area contributed by atoms with Crippen molar-refractivity contribution in [3.63, 3.8) is 0 Å². The number of anilines is 2. The summed E-state index contributed by atoms with van der Waals surface area (Å²) >= 11 is 1.26. The zero-order chi connectivity index (χ0) is 20.6. The highest BCUT2D eigenvalue weighted by Crippen LogP contribution is 2.46. The molecule has 2 amide bonds. The van der Waals surface area contributed by atoms with Crippen molar-refractivity contribution in [2.75, 3.05) is 10.6 Å². The Morgan fingerprint density at radius 3 is 1.41 bits per heavy atom. The van der Waals surface area contributed by atoms with E-state index in [-0.39, 0.29) is 11.4 Å². The number of hydrogen-bond acceptors (Lipinski definition) is 6. The number of aryl methyl sites for hydroxylation is 2. The van der Waals surface area contributed by atoms with E-state index in [1.165, 1.54) is 35.2 Å². The van der Waals surface area contributed by atoms with Crippen LogP contribution in [-0.4, -0.2) is 39.5 Å². The number of halogens is 6. The van der Waals surface area contributed by atoms with Crippen LogP contribution in [0.2, 0.25) is 0 Å². The van der Waals surface area contributed by atoms with Crippen LogP contribution in [0.1, 0.15) is 11.4 Å². The summed E-state index contributed by atoms with van der Waals surface area (Å²) in [6.45, 7) is 2.86. The highest BCUT2D eigenvalue weighted by atomic mass is 32.1. The monoisotopic (exact) mass is 432 g/mol. The molecule has 0 atom stereocenters. The molecule has 27 heavy (non-hydrogen) atoms. The standard InChI is InChI=1S/C13H10F6N4O2S2/c1-5-3-26-9(20-5)22-7(24)11(14,15)13(18,19)12(16,17)8(25)23-10-21-6(2)4-27-10/h3-4H,1-2H3,(H,20,22,24)(H,21,23,25). The molecular formula is C13H10F6N4O2S2. The summed E-state index contributed by atoms with van der Waals surface area (Å²) in [7, 11) is 0. The average Bonchev–Trinajstić information content (AvgIpc) is 3.15. The van der Waals surface area contributed by atoms with Crippen LogP contribution in [0, 0.1) is 13.8 Å². The first-order valence-electron chi connectivity index (χ1n) is 6.89. The van der Waals surface area contributed by atoms with Crippen LogP contribution in [0.15, 0.2) is 10.8 Å². The fourth-order valence-electron chi connectivity index (χ4n) is 1.66. The largest absolute Gasteiger partial charge is 0.393 e. The third-order valence-electron chi connectivity index (χ3n) is 3.04. The second-order valence-corrected chi connectivity index (χ2v) is 6.94. The van der Waals surface area contributed by atoms with Crippen molar-refractivity contribution in [1.29, 1.82) is 0 Å². The first-order valence-corrected chi connectivity index (χ1v) is 8.65. The van der Waals surface area contributed by atoms with Crippen molar-refractivity contribution in [3.8, 4) is 0 Å². The van der Waals surface area contributed by atoms with Gasteiger partial charge in [0.25, 0.3) is 0 Å². The zero-order valence-electron chi connectivity index (χ0n) is 13.4. The number of rotatable bonds is 6. The molecule has 0 saturated heterocycles. The third kappa shape index (κ3) is 3.90. The molecule has 0 aliphatic rings. The molecule has 2 N–H and O–H groups in total. The lowest BCUT2D eigenvalue weighted by Crippen LogP contribution is -2.63. The summed E-state index contributed by atoms with van der Waals surface area (Å²) in [6.07, 6.45) is 0. The van der Waals surface area contributed by atoms with Crippen LogP contribution in [0.4, 0.5) is 36.6 Å². The maximum atomic E-state index is 13.8. The summed E-state index contributed by atoms with van der Waals surface area (Å²) in [5.41, 5.74) is 0.572. The number of amides is 2. The van der Waals surface area contributed by atoms with Crippen molar-refractivity contribution in [2.24, 2.45) is 0 Å². The van der Waals surface area contributed by atoms with Gasteiger partial charge in [-0.15, -0.1) is 22.7 Å². The van der Waals surface area contributed by atoms with Crippen LogP contribution < -0.4 is 10.6 Å². The van der Waals surface area contributed by atoms with Gasteiger partial charge in [0.15, 0.2) is 10.3 Å². The highest BCUT2D eigenvalue weighted by Gasteiger charge is 2.78. The Bertz CT molecular complexity index is 798. The molecule has 0 saturated carbocycles. The van der Waals surface area contributed by atoms with Gasteiger partial charge in [0, 0.05) is 10.8 Å². The Hall–Kier alpha value is -2.22. The molecule has 14 heteroatoms. The van der Waals surface area contributed by atoms with E-state index in [1.54, 1.807) is 0 Å².